The van der Waals surface area contributed by atoms with Crippen molar-refractivity contribution in [2.75, 3.05) is 25.4 Å². The Balaban J connectivity index is 2.20. The summed E-state index contributed by atoms with van der Waals surface area (Å²) in [6, 6.07) is 0. The monoisotopic (exact) mass is 261 g/mol. The number of piperidine rings is 1. The maximum absolute atomic E-state index is 12.7. The Labute approximate surface area is 92.8 Å². The summed E-state index contributed by atoms with van der Waals surface area (Å²) in [5, 5.41) is 0. The SMILES string of the molecule is O=S(=O)(Cl)CCCN1CCC(F)(F)CC1. The van der Waals surface area contributed by atoms with Gasteiger partial charge in [0.05, 0.1) is 5.75 Å². The van der Waals surface area contributed by atoms with Crippen molar-refractivity contribution in [1.29, 1.82) is 0 Å². The van der Waals surface area contributed by atoms with Crippen LogP contribution in [0.25, 0.3) is 0 Å². The van der Waals surface area contributed by atoms with E-state index in [2.05, 4.69) is 0 Å². The van der Waals surface area contributed by atoms with Gasteiger partial charge in [0.15, 0.2) is 0 Å². The lowest BCUT2D eigenvalue weighted by Gasteiger charge is -2.31. The standard InChI is InChI=1S/C8H14ClF2NO2S/c9-15(13,14)7-1-4-12-5-2-8(10,11)3-6-12/h1-7H2. The molecular weight excluding hydrogens is 248 g/mol. The molecule has 1 rings (SSSR count). The van der Waals surface area contributed by atoms with E-state index in [0.717, 1.165) is 0 Å². The largest absolute Gasteiger partial charge is 0.303 e. The van der Waals surface area contributed by atoms with E-state index in [1.807, 2.05) is 4.90 Å². The molecule has 0 radical (unpaired) electrons. The quantitative estimate of drug-likeness (QED) is 0.723. The Morgan fingerprint density at radius 3 is 2.27 bits per heavy atom. The number of nitrogens with zero attached hydrogens (tertiary/aromatic N) is 1. The van der Waals surface area contributed by atoms with Gasteiger partial charge in [0.1, 0.15) is 0 Å². The first-order valence-corrected chi connectivity index (χ1v) is 7.29. The van der Waals surface area contributed by atoms with Crippen LogP contribution in [-0.4, -0.2) is 44.6 Å². The molecule has 3 nitrogen and oxygen atoms in total. The summed E-state index contributed by atoms with van der Waals surface area (Å²) in [4.78, 5) is 1.85. The fourth-order valence-corrected chi connectivity index (χ4v) is 2.37. The maximum Gasteiger partial charge on any atom is 0.250 e. The summed E-state index contributed by atoms with van der Waals surface area (Å²) in [5.41, 5.74) is 0. The van der Waals surface area contributed by atoms with Crippen molar-refractivity contribution in [2.45, 2.75) is 25.2 Å². The lowest BCUT2D eigenvalue weighted by molar-refractivity contribution is -0.0549. The second kappa shape index (κ2) is 4.93. The molecule has 0 aromatic carbocycles. The Hall–Kier alpha value is 0.0600. The van der Waals surface area contributed by atoms with Gasteiger partial charge in [-0.1, -0.05) is 0 Å². The van der Waals surface area contributed by atoms with Crippen molar-refractivity contribution in [3.8, 4) is 0 Å². The summed E-state index contributed by atoms with van der Waals surface area (Å²) in [6.07, 6.45) is 0.124. The minimum absolute atomic E-state index is 0.0958. The Kier molecular flexibility index (Phi) is 4.31. The van der Waals surface area contributed by atoms with Gasteiger partial charge in [0.2, 0.25) is 9.05 Å². The summed E-state index contributed by atoms with van der Waals surface area (Å²) in [7, 11) is 1.58. The zero-order chi connectivity index (χ0) is 11.5. The molecule has 15 heavy (non-hydrogen) atoms. The highest BCUT2D eigenvalue weighted by Crippen LogP contribution is 2.27. The van der Waals surface area contributed by atoms with Crippen LogP contribution in [0.3, 0.4) is 0 Å². The molecule has 1 aliphatic rings. The molecule has 90 valence electrons. The molecule has 0 N–H and O–H groups in total. The van der Waals surface area contributed by atoms with Gasteiger partial charge in [-0.3, -0.25) is 0 Å². The van der Waals surface area contributed by atoms with Gasteiger partial charge in [0.25, 0.3) is 5.92 Å². The molecule has 7 heteroatoms. The molecule has 0 bridgehead atoms. The Morgan fingerprint density at radius 1 is 1.27 bits per heavy atom. The van der Waals surface area contributed by atoms with E-state index >= 15 is 0 Å². The number of halogens is 3. The summed E-state index contributed by atoms with van der Waals surface area (Å²) < 4.78 is 46.7. The fourth-order valence-electron chi connectivity index (χ4n) is 1.56. The maximum atomic E-state index is 12.7. The van der Waals surface area contributed by atoms with Crippen LogP contribution < -0.4 is 0 Å². The van der Waals surface area contributed by atoms with Crippen molar-refractivity contribution in [2.24, 2.45) is 0 Å². The van der Waals surface area contributed by atoms with Gasteiger partial charge in [-0.15, -0.1) is 0 Å². The highest BCUT2D eigenvalue weighted by molar-refractivity contribution is 8.13. The molecule has 1 saturated heterocycles. The lowest BCUT2D eigenvalue weighted by atomic mass is 10.1. The molecule has 0 aromatic rings. The molecule has 0 spiro atoms. The third kappa shape index (κ3) is 5.63. The molecule has 0 aromatic heterocycles. The molecule has 1 fully saturated rings. The van der Waals surface area contributed by atoms with Gasteiger partial charge >= 0.3 is 0 Å². The second-order valence-corrected chi connectivity index (χ2v) is 6.69. The van der Waals surface area contributed by atoms with Crippen LogP contribution in [0.15, 0.2) is 0 Å². The van der Waals surface area contributed by atoms with Crippen LogP contribution in [0.5, 0.6) is 0 Å². The van der Waals surface area contributed by atoms with E-state index in [4.69, 9.17) is 10.7 Å². The van der Waals surface area contributed by atoms with Gasteiger partial charge in [-0.2, -0.15) is 0 Å². The predicted molar refractivity (Wildman–Crippen MR) is 54.9 cm³/mol. The summed E-state index contributed by atoms with van der Waals surface area (Å²) in [5.74, 6) is -2.64. The number of rotatable bonds is 4. The van der Waals surface area contributed by atoms with Crippen molar-refractivity contribution < 1.29 is 17.2 Å². The average Bonchev–Trinajstić information content (AvgIpc) is 2.06. The summed E-state index contributed by atoms with van der Waals surface area (Å²) >= 11 is 0. The first-order chi connectivity index (χ1) is 6.79. The van der Waals surface area contributed by atoms with Crippen LogP contribution in [0.2, 0.25) is 0 Å². The van der Waals surface area contributed by atoms with Gasteiger partial charge in [0, 0.05) is 36.6 Å². The highest BCUT2D eigenvalue weighted by atomic mass is 35.7. The minimum atomic E-state index is -3.45. The Bertz CT molecular complexity index is 298. The fraction of sp³-hybridized carbons (Fsp3) is 1.00. The van der Waals surface area contributed by atoms with Crippen LogP contribution >= 0.6 is 10.7 Å². The van der Waals surface area contributed by atoms with Crippen LogP contribution in [-0.2, 0) is 9.05 Å². The molecule has 1 aliphatic heterocycles. The zero-order valence-electron chi connectivity index (χ0n) is 8.26. The van der Waals surface area contributed by atoms with E-state index in [1.165, 1.54) is 0 Å². The average molecular weight is 262 g/mol. The van der Waals surface area contributed by atoms with Crippen LogP contribution in [0.4, 0.5) is 8.78 Å². The molecular formula is C8H14ClF2NO2S. The second-order valence-electron chi connectivity index (χ2n) is 3.79. The van der Waals surface area contributed by atoms with Crippen LogP contribution in [0.1, 0.15) is 19.3 Å². The summed E-state index contributed by atoms with van der Waals surface area (Å²) in [6.45, 7) is 1.17. The van der Waals surface area contributed by atoms with Crippen molar-refractivity contribution >= 4 is 19.7 Å². The van der Waals surface area contributed by atoms with E-state index in [9.17, 15) is 17.2 Å². The molecule has 0 saturated carbocycles. The number of alkyl halides is 2. The molecule has 0 atom stereocenters. The van der Waals surface area contributed by atoms with Crippen molar-refractivity contribution in [3.05, 3.63) is 0 Å². The van der Waals surface area contributed by atoms with E-state index < -0.39 is 15.0 Å². The first kappa shape index (κ1) is 13.1. The zero-order valence-corrected chi connectivity index (χ0v) is 9.83. The normalized spacial score (nSPS) is 22.9. The number of hydrogen-bond donors (Lipinski definition) is 0. The molecule has 0 amide bonds. The van der Waals surface area contributed by atoms with E-state index in [-0.39, 0.29) is 18.6 Å². The third-order valence-electron chi connectivity index (χ3n) is 2.45. The van der Waals surface area contributed by atoms with Crippen molar-refractivity contribution in [1.82, 2.24) is 4.90 Å². The van der Waals surface area contributed by atoms with Gasteiger partial charge in [-0.05, 0) is 13.0 Å². The molecule has 0 unspecified atom stereocenters. The topological polar surface area (TPSA) is 37.4 Å². The van der Waals surface area contributed by atoms with Gasteiger partial charge in [-0.25, -0.2) is 17.2 Å². The Morgan fingerprint density at radius 2 is 1.80 bits per heavy atom. The van der Waals surface area contributed by atoms with E-state index in [1.54, 1.807) is 0 Å². The smallest absolute Gasteiger partial charge is 0.250 e. The molecule has 1 heterocycles. The third-order valence-corrected chi connectivity index (χ3v) is 3.69. The first-order valence-electron chi connectivity index (χ1n) is 4.81. The number of hydrogen-bond acceptors (Lipinski definition) is 3. The van der Waals surface area contributed by atoms with Crippen LogP contribution in [0, 0.1) is 0 Å². The predicted octanol–water partition coefficient (Wildman–Crippen LogP) is 1.68. The van der Waals surface area contributed by atoms with E-state index in [0.29, 0.717) is 26.1 Å². The lowest BCUT2D eigenvalue weighted by Crippen LogP contribution is -2.40. The molecule has 0 aliphatic carbocycles. The van der Waals surface area contributed by atoms with Crippen molar-refractivity contribution in [3.63, 3.8) is 0 Å². The minimum Gasteiger partial charge on any atom is -0.303 e. The highest BCUT2D eigenvalue weighted by Gasteiger charge is 2.33. The van der Waals surface area contributed by atoms with Gasteiger partial charge < -0.3 is 4.90 Å². The number of likely N-dealkylation sites (tertiary alicyclic amines) is 1.